The summed E-state index contributed by atoms with van der Waals surface area (Å²) in [4.78, 5) is 39.3. The first-order valence-electron chi connectivity index (χ1n) is 11.9. The molecule has 3 amide bonds. The highest BCUT2D eigenvalue weighted by Gasteiger charge is 2.19. The molecule has 4 rings (SSSR count). The number of hydrogen-bond acceptors (Lipinski definition) is 4. The Labute approximate surface area is 194 Å². The summed E-state index contributed by atoms with van der Waals surface area (Å²) in [5, 5.41) is 9.01. The maximum atomic E-state index is 12.6. The summed E-state index contributed by atoms with van der Waals surface area (Å²) in [6, 6.07) is 14.4. The van der Waals surface area contributed by atoms with Crippen LogP contribution in [0.3, 0.4) is 0 Å². The Morgan fingerprint density at radius 1 is 0.818 bits per heavy atom. The summed E-state index contributed by atoms with van der Waals surface area (Å²) in [6.07, 6.45) is 7.74. The van der Waals surface area contributed by atoms with E-state index in [1.807, 2.05) is 17.0 Å². The van der Waals surface area contributed by atoms with Crippen LogP contribution in [0.15, 0.2) is 48.5 Å². The Hall–Kier alpha value is -3.35. The van der Waals surface area contributed by atoms with Crippen molar-refractivity contribution >= 4 is 29.1 Å². The van der Waals surface area contributed by atoms with E-state index in [4.69, 9.17) is 0 Å². The first kappa shape index (κ1) is 22.8. The summed E-state index contributed by atoms with van der Waals surface area (Å²) in [5.74, 6) is -0.249. The lowest BCUT2D eigenvalue weighted by atomic mass is 9.95. The van der Waals surface area contributed by atoms with Gasteiger partial charge in [-0.1, -0.05) is 25.3 Å². The summed E-state index contributed by atoms with van der Waals surface area (Å²) in [5.41, 5.74) is 2.56. The predicted molar refractivity (Wildman–Crippen MR) is 129 cm³/mol. The zero-order valence-corrected chi connectivity index (χ0v) is 18.9. The van der Waals surface area contributed by atoms with Gasteiger partial charge in [-0.05, 0) is 68.1 Å². The molecule has 3 N–H and O–H groups in total. The predicted octanol–water partition coefficient (Wildman–Crippen LogP) is 4.04. The van der Waals surface area contributed by atoms with Crippen LogP contribution in [0.25, 0.3) is 0 Å². The minimum Gasteiger partial charge on any atom is -0.376 e. The zero-order chi connectivity index (χ0) is 23.0. The van der Waals surface area contributed by atoms with E-state index in [2.05, 4.69) is 16.0 Å². The van der Waals surface area contributed by atoms with Gasteiger partial charge in [0.2, 0.25) is 5.91 Å². The van der Waals surface area contributed by atoms with Crippen LogP contribution < -0.4 is 16.0 Å². The highest BCUT2D eigenvalue weighted by molar-refractivity contribution is 5.98. The Kier molecular flexibility index (Phi) is 7.60. The van der Waals surface area contributed by atoms with Crippen LogP contribution in [0.2, 0.25) is 0 Å². The van der Waals surface area contributed by atoms with E-state index in [1.54, 1.807) is 36.4 Å². The van der Waals surface area contributed by atoms with Crippen molar-refractivity contribution in [2.24, 2.45) is 0 Å². The van der Waals surface area contributed by atoms with Crippen molar-refractivity contribution in [2.75, 3.05) is 30.3 Å². The van der Waals surface area contributed by atoms with Gasteiger partial charge in [0.1, 0.15) is 0 Å². The Bertz CT molecular complexity index is 977. The topological polar surface area (TPSA) is 90.5 Å². The number of benzene rings is 2. The molecule has 1 heterocycles. The van der Waals surface area contributed by atoms with Gasteiger partial charge < -0.3 is 20.9 Å². The van der Waals surface area contributed by atoms with Gasteiger partial charge in [-0.3, -0.25) is 14.4 Å². The van der Waals surface area contributed by atoms with Gasteiger partial charge in [-0.25, -0.2) is 0 Å². The zero-order valence-electron chi connectivity index (χ0n) is 18.9. The first-order chi connectivity index (χ1) is 16.1. The molecule has 33 heavy (non-hydrogen) atoms. The molecule has 0 unspecified atom stereocenters. The van der Waals surface area contributed by atoms with E-state index >= 15 is 0 Å². The lowest BCUT2D eigenvalue weighted by Crippen LogP contribution is -2.36. The summed E-state index contributed by atoms with van der Waals surface area (Å²) >= 11 is 0. The van der Waals surface area contributed by atoms with Gasteiger partial charge in [-0.15, -0.1) is 0 Å². The Morgan fingerprint density at radius 3 is 2.27 bits per heavy atom. The summed E-state index contributed by atoms with van der Waals surface area (Å²) in [6.45, 7) is 1.73. The third-order valence-corrected chi connectivity index (χ3v) is 6.33. The fraction of sp³-hybridized carbons (Fsp3) is 0.423. The van der Waals surface area contributed by atoms with Crippen LogP contribution in [0, 0.1) is 0 Å². The van der Waals surface area contributed by atoms with E-state index in [9.17, 15) is 14.4 Å². The lowest BCUT2D eigenvalue weighted by molar-refractivity contribution is -0.114. The third kappa shape index (κ3) is 6.34. The molecule has 0 aromatic heterocycles. The standard InChI is InChI=1S/C26H32N4O3/c31-24(18-27-21-13-11-19(12-14-21)26(33)30-15-4-5-16-30)28-23-10-6-7-20(17-23)25(32)29-22-8-2-1-3-9-22/h6-7,10-14,17,22,27H,1-5,8-9,15-16,18H2,(H,28,31)(H,29,32). The number of rotatable bonds is 7. The molecule has 1 aliphatic heterocycles. The molecule has 2 aliphatic rings. The van der Waals surface area contributed by atoms with Crippen LogP contribution in [0.1, 0.15) is 65.7 Å². The number of hydrogen-bond donors (Lipinski definition) is 3. The molecule has 174 valence electrons. The lowest BCUT2D eigenvalue weighted by Gasteiger charge is -2.22. The van der Waals surface area contributed by atoms with Gasteiger partial charge in [-0.2, -0.15) is 0 Å². The van der Waals surface area contributed by atoms with Crippen molar-refractivity contribution in [1.29, 1.82) is 0 Å². The molecule has 0 spiro atoms. The van der Waals surface area contributed by atoms with Gasteiger partial charge in [0.25, 0.3) is 11.8 Å². The largest absolute Gasteiger partial charge is 0.376 e. The fourth-order valence-electron chi connectivity index (χ4n) is 4.47. The molecule has 0 radical (unpaired) electrons. The molecule has 2 fully saturated rings. The van der Waals surface area contributed by atoms with E-state index < -0.39 is 0 Å². The minimum absolute atomic E-state index is 0.0594. The van der Waals surface area contributed by atoms with Crippen molar-refractivity contribution < 1.29 is 14.4 Å². The van der Waals surface area contributed by atoms with Crippen molar-refractivity contribution in [3.8, 4) is 0 Å². The maximum absolute atomic E-state index is 12.6. The summed E-state index contributed by atoms with van der Waals surface area (Å²) in [7, 11) is 0. The number of nitrogens with zero attached hydrogens (tertiary/aromatic N) is 1. The van der Waals surface area contributed by atoms with Crippen molar-refractivity contribution in [3.05, 3.63) is 59.7 Å². The van der Waals surface area contributed by atoms with E-state index in [0.29, 0.717) is 16.8 Å². The first-order valence-corrected chi connectivity index (χ1v) is 11.9. The molecular formula is C26H32N4O3. The van der Waals surface area contributed by atoms with Crippen LogP contribution >= 0.6 is 0 Å². The van der Waals surface area contributed by atoms with Crippen LogP contribution in [-0.4, -0.2) is 48.3 Å². The van der Waals surface area contributed by atoms with Gasteiger partial charge in [0.05, 0.1) is 6.54 Å². The number of carbonyl (C=O) groups excluding carboxylic acids is 3. The van der Waals surface area contributed by atoms with E-state index in [1.165, 1.54) is 6.42 Å². The number of nitrogens with one attached hydrogen (secondary N) is 3. The van der Waals surface area contributed by atoms with E-state index in [0.717, 1.165) is 57.3 Å². The molecule has 1 saturated carbocycles. The molecular weight excluding hydrogens is 416 g/mol. The van der Waals surface area contributed by atoms with Gasteiger partial charge in [0, 0.05) is 41.6 Å². The van der Waals surface area contributed by atoms with Gasteiger partial charge in [0.15, 0.2) is 0 Å². The number of carbonyl (C=O) groups is 3. The number of anilines is 2. The second kappa shape index (κ2) is 11.0. The molecule has 7 heteroatoms. The summed E-state index contributed by atoms with van der Waals surface area (Å²) < 4.78 is 0. The van der Waals surface area contributed by atoms with Crippen molar-refractivity contribution in [3.63, 3.8) is 0 Å². The molecule has 0 bridgehead atoms. The average Bonchev–Trinajstić information content (AvgIpc) is 3.38. The second-order valence-corrected chi connectivity index (χ2v) is 8.87. The highest BCUT2D eigenvalue weighted by atomic mass is 16.2. The van der Waals surface area contributed by atoms with Crippen LogP contribution in [0.4, 0.5) is 11.4 Å². The molecule has 1 saturated heterocycles. The average molecular weight is 449 g/mol. The molecule has 7 nitrogen and oxygen atoms in total. The SMILES string of the molecule is O=C(CNc1ccc(C(=O)N2CCCC2)cc1)Nc1cccc(C(=O)NC2CCCCC2)c1. The Morgan fingerprint density at radius 2 is 1.55 bits per heavy atom. The number of amides is 3. The maximum Gasteiger partial charge on any atom is 0.253 e. The van der Waals surface area contributed by atoms with Crippen LogP contribution in [0.5, 0.6) is 0 Å². The monoisotopic (exact) mass is 448 g/mol. The second-order valence-electron chi connectivity index (χ2n) is 8.87. The number of likely N-dealkylation sites (tertiary alicyclic amines) is 1. The normalized spacial score (nSPS) is 16.3. The molecule has 0 atom stereocenters. The molecule has 1 aliphatic carbocycles. The fourth-order valence-corrected chi connectivity index (χ4v) is 4.47. The van der Waals surface area contributed by atoms with Crippen molar-refractivity contribution in [1.82, 2.24) is 10.2 Å². The highest BCUT2D eigenvalue weighted by Crippen LogP contribution is 2.19. The van der Waals surface area contributed by atoms with E-state index in [-0.39, 0.29) is 30.3 Å². The van der Waals surface area contributed by atoms with Crippen LogP contribution in [-0.2, 0) is 4.79 Å². The van der Waals surface area contributed by atoms with Crippen molar-refractivity contribution in [2.45, 2.75) is 51.0 Å². The Balaban J connectivity index is 1.26. The van der Waals surface area contributed by atoms with Gasteiger partial charge >= 0.3 is 0 Å². The molecule has 2 aromatic carbocycles. The third-order valence-electron chi connectivity index (χ3n) is 6.33. The smallest absolute Gasteiger partial charge is 0.253 e. The molecule has 2 aromatic rings. The minimum atomic E-state index is -0.211. The quantitative estimate of drug-likeness (QED) is 0.596.